The van der Waals surface area contributed by atoms with Gasteiger partial charge in [-0.15, -0.1) is 12.4 Å². The van der Waals surface area contributed by atoms with E-state index in [9.17, 15) is 9.50 Å². The molecule has 1 aromatic carbocycles. The average Bonchev–Trinajstić information content (AvgIpc) is 2.38. The summed E-state index contributed by atoms with van der Waals surface area (Å²) >= 11 is 0. The van der Waals surface area contributed by atoms with Crippen LogP contribution in [0.25, 0.3) is 0 Å². The second-order valence-corrected chi connectivity index (χ2v) is 5.44. The van der Waals surface area contributed by atoms with Crippen molar-refractivity contribution in [3.8, 4) is 0 Å². The van der Waals surface area contributed by atoms with Gasteiger partial charge in [0, 0.05) is 5.56 Å². The molecule has 1 aromatic rings. The summed E-state index contributed by atoms with van der Waals surface area (Å²) in [5.74, 6) is -0.0909. The lowest BCUT2D eigenvalue weighted by Crippen LogP contribution is -2.34. The summed E-state index contributed by atoms with van der Waals surface area (Å²) < 4.78 is 13.8. The number of nitrogens with two attached hydrogens (primary N) is 1. The third-order valence-electron chi connectivity index (χ3n) is 4.02. The van der Waals surface area contributed by atoms with Gasteiger partial charge in [0.05, 0.1) is 12.1 Å². The summed E-state index contributed by atoms with van der Waals surface area (Å²) in [5, 5.41) is 10.3. The molecule has 108 valence electrons. The summed E-state index contributed by atoms with van der Waals surface area (Å²) in [6.45, 7) is 1.84. The van der Waals surface area contributed by atoms with Crippen LogP contribution in [0, 0.1) is 18.7 Å². The molecular formula is C15H23ClFNO. The van der Waals surface area contributed by atoms with Crippen LogP contribution in [0.2, 0.25) is 0 Å². The van der Waals surface area contributed by atoms with E-state index in [1.54, 1.807) is 6.07 Å². The van der Waals surface area contributed by atoms with E-state index >= 15 is 0 Å². The largest absolute Gasteiger partial charge is 0.391 e. The van der Waals surface area contributed by atoms with Gasteiger partial charge in [0.15, 0.2) is 0 Å². The van der Waals surface area contributed by atoms with Gasteiger partial charge in [-0.05, 0) is 37.3 Å². The van der Waals surface area contributed by atoms with Crippen molar-refractivity contribution in [1.29, 1.82) is 0 Å². The molecule has 19 heavy (non-hydrogen) atoms. The number of halogens is 2. The van der Waals surface area contributed by atoms with Gasteiger partial charge in [-0.3, -0.25) is 0 Å². The Balaban J connectivity index is 0.00000180. The number of benzene rings is 1. The van der Waals surface area contributed by atoms with E-state index in [0.29, 0.717) is 5.56 Å². The molecule has 1 aliphatic rings. The molecule has 1 aliphatic carbocycles. The number of hydrogen-bond donors (Lipinski definition) is 2. The van der Waals surface area contributed by atoms with Crippen LogP contribution in [0.15, 0.2) is 18.2 Å². The minimum atomic E-state index is -0.637. The van der Waals surface area contributed by atoms with Gasteiger partial charge in [-0.1, -0.05) is 31.4 Å². The fourth-order valence-corrected chi connectivity index (χ4v) is 2.86. The van der Waals surface area contributed by atoms with Gasteiger partial charge in [-0.25, -0.2) is 4.39 Å². The van der Waals surface area contributed by atoms with Gasteiger partial charge in [0.1, 0.15) is 5.82 Å². The Bertz CT molecular complexity index is 407. The summed E-state index contributed by atoms with van der Waals surface area (Å²) in [4.78, 5) is 0. The van der Waals surface area contributed by atoms with Crippen molar-refractivity contribution >= 4 is 12.4 Å². The maximum absolute atomic E-state index is 13.8. The Morgan fingerprint density at radius 3 is 2.47 bits per heavy atom. The van der Waals surface area contributed by atoms with Crippen LogP contribution in [0.5, 0.6) is 0 Å². The molecule has 3 N–H and O–H groups in total. The zero-order valence-corrected chi connectivity index (χ0v) is 12.1. The normalized spacial score (nSPS) is 19.6. The minimum absolute atomic E-state index is 0. The SMILES string of the molecule is Cc1ccc([C@@H](N)[C@@H](O)C2CCCCC2)c(F)c1.Cl. The molecule has 4 heteroatoms. The molecule has 0 heterocycles. The lowest BCUT2D eigenvalue weighted by Gasteiger charge is -2.30. The molecule has 1 saturated carbocycles. The molecule has 2 atom stereocenters. The lowest BCUT2D eigenvalue weighted by atomic mass is 9.81. The minimum Gasteiger partial charge on any atom is -0.391 e. The smallest absolute Gasteiger partial charge is 0.128 e. The highest BCUT2D eigenvalue weighted by Crippen LogP contribution is 2.32. The number of aryl methyl sites for hydroxylation is 1. The van der Waals surface area contributed by atoms with E-state index in [1.165, 1.54) is 12.5 Å². The van der Waals surface area contributed by atoms with Crippen molar-refractivity contribution in [2.45, 2.75) is 51.2 Å². The number of aliphatic hydroxyl groups excluding tert-OH is 1. The molecular weight excluding hydrogens is 265 g/mol. The average molecular weight is 288 g/mol. The summed E-state index contributed by atoms with van der Waals surface area (Å²) in [6, 6.07) is 4.39. The molecule has 0 bridgehead atoms. The van der Waals surface area contributed by atoms with E-state index in [2.05, 4.69) is 0 Å². The first-order valence-electron chi connectivity index (χ1n) is 6.79. The zero-order valence-electron chi connectivity index (χ0n) is 11.3. The molecule has 0 radical (unpaired) electrons. The first-order chi connectivity index (χ1) is 8.59. The Kier molecular flexibility index (Phi) is 6.24. The van der Waals surface area contributed by atoms with Crippen LogP contribution in [0.3, 0.4) is 0 Å². The fourth-order valence-electron chi connectivity index (χ4n) is 2.86. The lowest BCUT2D eigenvalue weighted by molar-refractivity contribution is 0.0608. The summed E-state index contributed by atoms with van der Waals surface area (Å²) in [7, 11) is 0. The van der Waals surface area contributed by atoms with E-state index in [4.69, 9.17) is 5.73 Å². The van der Waals surface area contributed by atoms with E-state index < -0.39 is 12.1 Å². The number of rotatable bonds is 3. The van der Waals surface area contributed by atoms with E-state index in [0.717, 1.165) is 31.2 Å². The van der Waals surface area contributed by atoms with Crippen molar-refractivity contribution in [1.82, 2.24) is 0 Å². The maximum Gasteiger partial charge on any atom is 0.128 e. The van der Waals surface area contributed by atoms with E-state index in [-0.39, 0.29) is 24.1 Å². The highest BCUT2D eigenvalue weighted by molar-refractivity contribution is 5.85. The fraction of sp³-hybridized carbons (Fsp3) is 0.600. The second-order valence-electron chi connectivity index (χ2n) is 5.44. The Morgan fingerprint density at radius 2 is 1.89 bits per heavy atom. The monoisotopic (exact) mass is 287 g/mol. The summed E-state index contributed by atoms with van der Waals surface area (Å²) in [6.07, 6.45) is 4.89. The van der Waals surface area contributed by atoms with Gasteiger partial charge in [0.25, 0.3) is 0 Å². The summed E-state index contributed by atoms with van der Waals surface area (Å²) in [5.41, 5.74) is 7.33. The third kappa shape index (κ3) is 3.91. The molecule has 0 spiro atoms. The van der Waals surface area contributed by atoms with Gasteiger partial charge in [0.2, 0.25) is 0 Å². The van der Waals surface area contributed by atoms with Crippen LogP contribution >= 0.6 is 12.4 Å². The highest BCUT2D eigenvalue weighted by atomic mass is 35.5. The third-order valence-corrected chi connectivity index (χ3v) is 4.02. The first kappa shape index (κ1) is 16.4. The molecule has 0 amide bonds. The number of hydrogen-bond acceptors (Lipinski definition) is 2. The van der Waals surface area contributed by atoms with Crippen molar-refractivity contribution < 1.29 is 9.50 Å². The first-order valence-corrected chi connectivity index (χ1v) is 6.79. The van der Waals surface area contributed by atoms with Crippen LogP contribution in [-0.2, 0) is 0 Å². The predicted octanol–water partition coefficient (Wildman–Crippen LogP) is 3.50. The molecule has 1 fully saturated rings. The Hall–Kier alpha value is -0.640. The van der Waals surface area contributed by atoms with Crippen LogP contribution in [-0.4, -0.2) is 11.2 Å². The van der Waals surface area contributed by atoms with Crippen LogP contribution < -0.4 is 5.73 Å². The van der Waals surface area contributed by atoms with Gasteiger partial charge in [-0.2, -0.15) is 0 Å². The predicted molar refractivity (Wildman–Crippen MR) is 77.9 cm³/mol. The van der Waals surface area contributed by atoms with Crippen molar-refractivity contribution in [3.05, 3.63) is 35.1 Å². The zero-order chi connectivity index (χ0) is 13.1. The van der Waals surface area contributed by atoms with Crippen LogP contribution in [0.4, 0.5) is 4.39 Å². The quantitative estimate of drug-likeness (QED) is 0.894. The Morgan fingerprint density at radius 1 is 1.26 bits per heavy atom. The Labute approximate surface area is 120 Å². The molecule has 0 saturated heterocycles. The molecule has 2 nitrogen and oxygen atoms in total. The molecule has 0 aromatic heterocycles. The van der Waals surface area contributed by atoms with E-state index in [1.807, 2.05) is 13.0 Å². The molecule has 0 aliphatic heterocycles. The van der Waals surface area contributed by atoms with Gasteiger partial charge < -0.3 is 10.8 Å². The second kappa shape index (κ2) is 7.22. The highest BCUT2D eigenvalue weighted by Gasteiger charge is 2.28. The standard InChI is InChI=1S/C15H22FNO.ClH/c1-10-7-8-12(13(16)9-10)14(17)15(18)11-5-3-2-4-6-11;/h7-9,11,14-15,18H,2-6,17H2,1H3;1H/t14-,15+;/m1./s1. The molecule has 2 rings (SSSR count). The van der Waals surface area contributed by atoms with Gasteiger partial charge >= 0.3 is 0 Å². The number of aliphatic hydroxyl groups is 1. The van der Waals surface area contributed by atoms with Crippen molar-refractivity contribution in [2.75, 3.05) is 0 Å². The van der Waals surface area contributed by atoms with Crippen molar-refractivity contribution in [3.63, 3.8) is 0 Å². The topological polar surface area (TPSA) is 46.2 Å². The molecule has 0 unspecified atom stereocenters. The van der Waals surface area contributed by atoms with Crippen LogP contribution in [0.1, 0.15) is 49.3 Å². The maximum atomic E-state index is 13.8. The van der Waals surface area contributed by atoms with Crippen molar-refractivity contribution in [2.24, 2.45) is 11.7 Å².